The zero-order chi connectivity index (χ0) is 18.3. The SMILES string of the molecule is CCCS(=O)(=O)N1CCCC1C(=O)OCC(=O)NC1CCCCCC1. The fourth-order valence-electron chi connectivity index (χ4n) is 3.61. The summed E-state index contributed by atoms with van der Waals surface area (Å²) < 4.78 is 30.8. The summed E-state index contributed by atoms with van der Waals surface area (Å²) in [5.74, 6) is -0.895. The number of rotatable bonds is 7. The van der Waals surface area contributed by atoms with Gasteiger partial charge in [0.25, 0.3) is 5.91 Å². The second kappa shape index (κ2) is 9.52. The van der Waals surface area contributed by atoms with Gasteiger partial charge in [0.05, 0.1) is 5.75 Å². The fourth-order valence-corrected chi connectivity index (χ4v) is 5.35. The van der Waals surface area contributed by atoms with Crippen molar-refractivity contribution in [3.05, 3.63) is 0 Å². The molecule has 1 saturated carbocycles. The number of sulfonamides is 1. The molecule has 0 aromatic carbocycles. The number of nitrogens with one attached hydrogen (secondary N) is 1. The molecule has 25 heavy (non-hydrogen) atoms. The van der Waals surface area contributed by atoms with Crippen molar-refractivity contribution in [3.63, 3.8) is 0 Å². The number of hydrogen-bond donors (Lipinski definition) is 1. The minimum Gasteiger partial charge on any atom is -0.454 e. The van der Waals surface area contributed by atoms with E-state index in [1.807, 2.05) is 0 Å². The molecule has 1 heterocycles. The van der Waals surface area contributed by atoms with Crippen LogP contribution in [0.3, 0.4) is 0 Å². The van der Waals surface area contributed by atoms with Crippen LogP contribution in [0.4, 0.5) is 0 Å². The van der Waals surface area contributed by atoms with Crippen LogP contribution < -0.4 is 5.32 Å². The number of hydrogen-bond acceptors (Lipinski definition) is 5. The molecule has 0 spiro atoms. The predicted octanol–water partition coefficient (Wildman–Crippen LogP) is 1.57. The summed E-state index contributed by atoms with van der Waals surface area (Å²) in [5.41, 5.74) is 0. The van der Waals surface area contributed by atoms with Crippen molar-refractivity contribution in [1.82, 2.24) is 9.62 Å². The maximum Gasteiger partial charge on any atom is 0.324 e. The third kappa shape index (κ3) is 5.95. The van der Waals surface area contributed by atoms with E-state index >= 15 is 0 Å². The van der Waals surface area contributed by atoms with Crippen molar-refractivity contribution < 1.29 is 22.7 Å². The van der Waals surface area contributed by atoms with Gasteiger partial charge >= 0.3 is 5.97 Å². The minimum absolute atomic E-state index is 0.0267. The molecular formula is C17H30N2O5S. The maximum absolute atomic E-state index is 12.2. The zero-order valence-corrected chi connectivity index (χ0v) is 15.9. The van der Waals surface area contributed by atoms with E-state index in [4.69, 9.17) is 4.74 Å². The second-order valence-corrected chi connectivity index (χ2v) is 8.99. The van der Waals surface area contributed by atoms with Crippen molar-refractivity contribution in [3.8, 4) is 0 Å². The van der Waals surface area contributed by atoms with Gasteiger partial charge in [0.2, 0.25) is 10.0 Å². The molecule has 0 aromatic heterocycles. The topological polar surface area (TPSA) is 92.8 Å². The largest absolute Gasteiger partial charge is 0.454 e. The van der Waals surface area contributed by atoms with E-state index in [9.17, 15) is 18.0 Å². The molecule has 0 bridgehead atoms. The first-order chi connectivity index (χ1) is 11.9. The molecule has 2 aliphatic rings. The number of nitrogens with zero attached hydrogens (tertiary/aromatic N) is 1. The summed E-state index contributed by atoms with van der Waals surface area (Å²) in [5, 5.41) is 2.92. The standard InChI is InChI=1S/C17H30N2O5S/c1-2-12-25(22,23)19-11-7-10-15(19)17(21)24-13-16(20)18-14-8-5-3-4-6-9-14/h14-15H,2-13H2,1H3,(H,18,20). The molecule has 1 aliphatic heterocycles. The van der Waals surface area contributed by atoms with Crippen LogP contribution in [-0.2, 0) is 24.3 Å². The molecule has 1 unspecified atom stereocenters. The summed E-state index contributed by atoms with van der Waals surface area (Å²) in [4.78, 5) is 24.3. The first-order valence-electron chi connectivity index (χ1n) is 9.39. The van der Waals surface area contributed by atoms with E-state index < -0.39 is 22.0 Å². The lowest BCUT2D eigenvalue weighted by Crippen LogP contribution is -2.44. The van der Waals surface area contributed by atoms with Gasteiger partial charge in [-0.1, -0.05) is 32.6 Å². The molecule has 1 saturated heterocycles. The Labute approximate surface area is 150 Å². The fraction of sp³-hybridized carbons (Fsp3) is 0.882. The Hall–Kier alpha value is -1.15. The molecular weight excluding hydrogens is 344 g/mol. The van der Waals surface area contributed by atoms with Crippen LogP contribution in [0.5, 0.6) is 0 Å². The number of ether oxygens (including phenoxy) is 1. The first-order valence-corrected chi connectivity index (χ1v) is 11.0. The Balaban J connectivity index is 1.81. The van der Waals surface area contributed by atoms with Gasteiger partial charge in [0.15, 0.2) is 6.61 Å². The monoisotopic (exact) mass is 374 g/mol. The van der Waals surface area contributed by atoms with Crippen molar-refractivity contribution in [2.75, 3.05) is 18.9 Å². The highest BCUT2D eigenvalue weighted by atomic mass is 32.2. The lowest BCUT2D eigenvalue weighted by molar-refractivity contribution is -0.151. The van der Waals surface area contributed by atoms with Crippen LogP contribution in [0.1, 0.15) is 64.7 Å². The van der Waals surface area contributed by atoms with Crippen LogP contribution >= 0.6 is 0 Å². The second-order valence-electron chi connectivity index (χ2n) is 6.95. The Morgan fingerprint density at radius 2 is 1.76 bits per heavy atom. The Morgan fingerprint density at radius 1 is 1.08 bits per heavy atom. The van der Waals surface area contributed by atoms with Crippen molar-refractivity contribution in [1.29, 1.82) is 0 Å². The molecule has 1 atom stereocenters. The first kappa shape index (κ1) is 20.2. The molecule has 0 radical (unpaired) electrons. The lowest BCUT2D eigenvalue weighted by atomic mass is 10.1. The van der Waals surface area contributed by atoms with Gasteiger partial charge < -0.3 is 10.1 Å². The maximum atomic E-state index is 12.2. The summed E-state index contributed by atoms with van der Waals surface area (Å²) in [6.45, 7) is 1.79. The Morgan fingerprint density at radius 3 is 2.40 bits per heavy atom. The van der Waals surface area contributed by atoms with Crippen molar-refractivity contribution in [2.24, 2.45) is 0 Å². The van der Waals surface area contributed by atoms with Gasteiger partial charge in [-0.05, 0) is 32.1 Å². The molecule has 8 heteroatoms. The van der Waals surface area contributed by atoms with E-state index in [0.29, 0.717) is 25.8 Å². The van der Waals surface area contributed by atoms with Gasteiger partial charge in [-0.25, -0.2) is 8.42 Å². The summed E-state index contributed by atoms with van der Waals surface area (Å²) in [7, 11) is -3.44. The Bertz CT molecular complexity index is 555. The van der Waals surface area contributed by atoms with E-state index in [1.54, 1.807) is 6.92 Å². The van der Waals surface area contributed by atoms with Crippen LogP contribution in [0.15, 0.2) is 0 Å². The highest BCUT2D eigenvalue weighted by Gasteiger charge is 2.39. The third-order valence-electron chi connectivity index (χ3n) is 4.86. The summed E-state index contributed by atoms with van der Waals surface area (Å²) in [6, 6.07) is -0.635. The van der Waals surface area contributed by atoms with Gasteiger partial charge in [-0.2, -0.15) is 4.31 Å². The lowest BCUT2D eigenvalue weighted by Gasteiger charge is -2.22. The van der Waals surface area contributed by atoms with Crippen LogP contribution in [-0.4, -0.2) is 55.6 Å². The quantitative estimate of drug-likeness (QED) is 0.539. The zero-order valence-electron chi connectivity index (χ0n) is 15.0. The molecule has 1 amide bonds. The number of amides is 1. The van der Waals surface area contributed by atoms with Gasteiger partial charge in [-0.15, -0.1) is 0 Å². The molecule has 7 nitrogen and oxygen atoms in total. The molecule has 1 aliphatic carbocycles. The van der Waals surface area contributed by atoms with Crippen LogP contribution in [0.2, 0.25) is 0 Å². The third-order valence-corrected chi connectivity index (χ3v) is 6.94. The van der Waals surface area contributed by atoms with Crippen molar-refractivity contribution >= 4 is 21.9 Å². The highest BCUT2D eigenvalue weighted by Crippen LogP contribution is 2.23. The van der Waals surface area contributed by atoms with Gasteiger partial charge in [-0.3, -0.25) is 9.59 Å². The number of carbonyl (C=O) groups is 2. The average Bonchev–Trinajstić information content (AvgIpc) is 2.93. The molecule has 144 valence electrons. The molecule has 0 aromatic rings. The van der Waals surface area contributed by atoms with Crippen LogP contribution in [0, 0.1) is 0 Å². The summed E-state index contributed by atoms with van der Waals surface area (Å²) in [6.07, 6.45) is 8.13. The average molecular weight is 375 g/mol. The highest BCUT2D eigenvalue weighted by molar-refractivity contribution is 7.89. The summed E-state index contributed by atoms with van der Waals surface area (Å²) >= 11 is 0. The predicted molar refractivity (Wildman–Crippen MR) is 94.4 cm³/mol. The molecule has 1 N–H and O–H groups in total. The number of esters is 1. The van der Waals surface area contributed by atoms with Gasteiger partial charge in [0, 0.05) is 12.6 Å². The van der Waals surface area contributed by atoms with E-state index in [0.717, 1.165) is 25.7 Å². The van der Waals surface area contributed by atoms with Crippen molar-refractivity contribution in [2.45, 2.75) is 76.8 Å². The van der Waals surface area contributed by atoms with Crippen LogP contribution in [0.25, 0.3) is 0 Å². The molecule has 2 rings (SSSR count). The van der Waals surface area contributed by atoms with E-state index in [1.165, 1.54) is 17.1 Å². The van der Waals surface area contributed by atoms with E-state index in [-0.39, 0.29) is 24.3 Å². The normalized spacial score (nSPS) is 23.2. The number of carbonyl (C=O) groups excluding carboxylic acids is 2. The Kier molecular flexibility index (Phi) is 7.68. The minimum atomic E-state index is -3.44. The smallest absolute Gasteiger partial charge is 0.324 e. The van der Waals surface area contributed by atoms with E-state index in [2.05, 4.69) is 5.32 Å². The molecule has 2 fully saturated rings. The van der Waals surface area contributed by atoms with Gasteiger partial charge in [0.1, 0.15) is 6.04 Å².